The second kappa shape index (κ2) is 10.8. The van der Waals surface area contributed by atoms with Crippen molar-refractivity contribution in [1.29, 1.82) is 0 Å². The zero-order valence-corrected chi connectivity index (χ0v) is 15.1. The standard InChI is InChI=1S/C20H20FNO6/c1-26-22-12-16(21)18(28-20(25)15-10-6-3-7-11-15)17(23)13-27-19(24)14-8-4-2-5-9-14/h2-12,16-18,23H,13H2,1H3/t16-,17-,18-/m0/s1. The molecule has 2 aromatic rings. The van der Waals surface area contributed by atoms with Gasteiger partial charge in [-0.15, -0.1) is 0 Å². The summed E-state index contributed by atoms with van der Waals surface area (Å²) >= 11 is 0. The van der Waals surface area contributed by atoms with Gasteiger partial charge in [0.05, 0.1) is 17.3 Å². The van der Waals surface area contributed by atoms with Gasteiger partial charge in [0.25, 0.3) is 0 Å². The van der Waals surface area contributed by atoms with Crippen LogP contribution in [0.4, 0.5) is 4.39 Å². The minimum absolute atomic E-state index is 0.178. The maximum atomic E-state index is 14.4. The van der Waals surface area contributed by atoms with Crippen molar-refractivity contribution in [3.05, 3.63) is 71.8 Å². The zero-order chi connectivity index (χ0) is 20.4. The Labute approximate surface area is 161 Å². The van der Waals surface area contributed by atoms with E-state index >= 15 is 0 Å². The van der Waals surface area contributed by atoms with E-state index < -0.39 is 36.9 Å². The summed E-state index contributed by atoms with van der Waals surface area (Å²) in [4.78, 5) is 28.6. The molecule has 0 bridgehead atoms. The number of carbonyl (C=O) groups is 2. The molecule has 0 amide bonds. The summed E-state index contributed by atoms with van der Waals surface area (Å²) in [5.74, 6) is -1.54. The van der Waals surface area contributed by atoms with Gasteiger partial charge in [-0.3, -0.25) is 0 Å². The van der Waals surface area contributed by atoms with Crippen molar-refractivity contribution in [2.45, 2.75) is 18.4 Å². The summed E-state index contributed by atoms with van der Waals surface area (Å²) in [5.41, 5.74) is 0.446. The van der Waals surface area contributed by atoms with Crippen molar-refractivity contribution in [3.63, 3.8) is 0 Å². The summed E-state index contributed by atoms with van der Waals surface area (Å²) < 4.78 is 24.5. The average molecular weight is 389 g/mol. The fraction of sp³-hybridized carbons (Fsp3) is 0.250. The minimum Gasteiger partial charge on any atom is -0.459 e. The SMILES string of the molecule is CON=C[C@H](F)[C@H](OC(=O)c1ccccc1)[C@@H](O)COC(=O)c1ccccc1. The highest BCUT2D eigenvalue weighted by Gasteiger charge is 2.33. The number of alkyl halides is 1. The van der Waals surface area contributed by atoms with Crippen molar-refractivity contribution in [2.24, 2.45) is 5.16 Å². The van der Waals surface area contributed by atoms with Gasteiger partial charge in [0.1, 0.15) is 19.8 Å². The first-order valence-corrected chi connectivity index (χ1v) is 8.40. The lowest BCUT2D eigenvalue weighted by Gasteiger charge is -2.24. The van der Waals surface area contributed by atoms with Crippen LogP contribution in [0, 0.1) is 0 Å². The van der Waals surface area contributed by atoms with Crippen molar-refractivity contribution in [2.75, 3.05) is 13.7 Å². The molecule has 0 saturated carbocycles. The number of aliphatic hydroxyl groups is 1. The Morgan fingerprint density at radius 3 is 2.11 bits per heavy atom. The fourth-order valence-corrected chi connectivity index (χ4v) is 2.24. The number of nitrogens with zero attached hydrogens (tertiary/aromatic N) is 1. The predicted molar refractivity (Wildman–Crippen MR) is 98.8 cm³/mol. The molecule has 0 spiro atoms. The summed E-state index contributed by atoms with van der Waals surface area (Å²) in [7, 11) is 1.21. The number of hydrogen-bond donors (Lipinski definition) is 1. The molecule has 1 N–H and O–H groups in total. The van der Waals surface area contributed by atoms with Gasteiger partial charge in [0.15, 0.2) is 12.3 Å². The lowest BCUT2D eigenvalue weighted by Crippen LogP contribution is -2.43. The molecule has 0 radical (unpaired) electrons. The monoisotopic (exact) mass is 389 g/mol. The van der Waals surface area contributed by atoms with E-state index in [1.165, 1.54) is 31.4 Å². The molecule has 7 nitrogen and oxygen atoms in total. The van der Waals surface area contributed by atoms with Crippen LogP contribution < -0.4 is 0 Å². The second-order valence-corrected chi connectivity index (χ2v) is 5.65. The van der Waals surface area contributed by atoms with E-state index in [9.17, 15) is 19.1 Å². The third-order valence-corrected chi connectivity index (χ3v) is 3.65. The first-order chi connectivity index (χ1) is 13.5. The number of oxime groups is 1. The topological polar surface area (TPSA) is 94.4 Å². The van der Waals surface area contributed by atoms with Gasteiger partial charge in [-0.05, 0) is 24.3 Å². The number of carbonyl (C=O) groups excluding carboxylic acids is 2. The van der Waals surface area contributed by atoms with Crippen LogP contribution in [0.1, 0.15) is 20.7 Å². The Balaban J connectivity index is 2.05. The third kappa shape index (κ3) is 6.17. The zero-order valence-electron chi connectivity index (χ0n) is 15.1. The Morgan fingerprint density at radius 1 is 1.04 bits per heavy atom. The van der Waals surface area contributed by atoms with Crippen LogP contribution in [-0.4, -0.2) is 55.4 Å². The van der Waals surface area contributed by atoms with E-state index in [0.29, 0.717) is 0 Å². The molecule has 0 heterocycles. The largest absolute Gasteiger partial charge is 0.459 e. The van der Waals surface area contributed by atoms with E-state index in [2.05, 4.69) is 9.99 Å². The van der Waals surface area contributed by atoms with Gasteiger partial charge >= 0.3 is 11.9 Å². The van der Waals surface area contributed by atoms with Crippen molar-refractivity contribution in [3.8, 4) is 0 Å². The van der Waals surface area contributed by atoms with Crippen LogP contribution in [0.15, 0.2) is 65.8 Å². The van der Waals surface area contributed by atoms with Gasteiger partial charge in [-0.2, -0.15) is 0 Å². The molecule has 8 heteroatoms. The number of esters is 2. The molecule has 0 aliphatic heterocycles. The molecule has 0 aliphatic rings. The van der Waals surface area contributed by atoms with Crippen LogP contribution in [0.3, 0.4) is 0 Å². The van der Waals surface area contributed by atoms with E-state index in [4.69, 9.17) is 9.47 Å². The van der Waals surface area contributed by atoms with Crippen molar-refractivity contribution < 1.29 is 33.4 Å². The molecule has 2 aromatic carbocycles. The minimum atomic E-state index is -1.99. The van der Waals surface area contributed by atoms with Crippen LogP contribution >= 0.6 is 0 Å². The lowest BCUT2D eigenvalue weighted by atomic mass is 10.1. The van der Waals surface area contributed by atoms with Gasteiger partial charge in [-0.25, -0.2) is 14.0 Å². The Bertz CT molecular complexity index is 784. The van der Waals surface area contributed by atoms with E-state index in [0.717, 1.165) is 6.21 Å². The molecule has 0 unspecified atom stereocenters. The average Bonchev–Trinajstić information content (AvgIpc) is 2.74. The summed E-state index contributed by atoms with van der Waals surface area (Å²) in [6.45, 7) is -0.582. The number of hydrogen-bond acceptors (Lipinski definition) is 7. The Morgan fingerprint density at radius 2 is 1.57 bits per heavy atom. The number of benzene rings is 2. The van der Waals surface area contributed by atoms with Crippen LogP contribution in [0.25, 0.3) is 0 Å². The first-order valence-electron chi connectivity index (χ1n) is 8.40. The molecule has 0 fully saturated rings. The van der Waals surface area contributed by atoms with E-state index in [1.54, 1.807) is 36.4 Å². The number of aliphatic hydroxyl groups excluding tert-OH is 1. The van der Waals surface area contributed by atoms with Crippen LogP contribution in [0.2, 0.25) is 0 Å². The normalized spacial score (nSPS) is 14.1. The molecule has 3 atom stereocenters. The third-order valence-electron chi connectivity index (χ3n) is 3.65. The fourth-order valence-electron chi connectivity index (χ4n) is 2.24. The summed E-state index contributed by atoms with van der Waals surface area (Å²) in [6, 6.07) is 16.0. The smallest absolute Gasteiger partial charge is 0.338 e. The van der Waals surface area contributed by atoms with Gasteiger partial charge < -0.3 is 19.4 Å². The van der Waals surface area contributed by atoms with Crippen molar-refractivity contribution in [1.82, 2.24) is 0 Å². The van der Waals surface area contributed by atoms with E-state index in [1.807, 2.05) is 0 Å². The predicted octanol–water partition coefficient (Wildman–Crippen LogP) is 2.40. The Hall–Kier alpha value is -3.26. The molecule has 0 saturated heterocycles. The number of rotatable bonds is 9. The second-order valence-electron chi connectivity index (χ2n) is 5.65. The molecule has 2 rings (SSSR count). The highest BCUT2D eigenvalue weighted by molar-refractivity contribution is 5.90. The molecule has 148 valence electrons. The maximum absolute atomic E-state index is 14.4. The molecule has 0 aliphatic carbocycles. The van der Waals surface area contributed by atoms with E-state index in [-0.39, 0.29) is 11.1 Å². The molecule has 0 aromatic heterocycles. The summed E-state index contributed by atoms with van der Waals surface area (Å²) in [5, 5.41) is 13.6. The maximum Gasteiger partial charge on any atom is 0.338 e. The van der Waals surface area contributed by atoms with Gasteiger partial charge in [-0.1, -0.05) is 41.6 Å². The molecular formula is C20H20FNO6. The lowest BCUT2D eigenvalue weighted by molar-refractivity contribution is -0.0594. The first kappa shape index (κ1) is 21.0. The molecule has 28 heavy (non-hydrogen) atoms. The van der Waals surface area contributed by atoms with Gasteiger partial charge in [0.2, 0.25) is 0 Å². The quantitative estimate of drug-likeness (QED) is 0.402. The van der Waals surface area contributed by atoms with Crippen LogP contribution in [-0.2, 0) is 14.3 Å². The van der Waals surface area contributed by atoms with Crippen molar-refractivity contribution >= 4 is 18.2 Å². The summed E-state index contributed by atoms with van der Waals surface area (Å²) in [6.07, 6.45) is -4.53. The highest BCUT2D eigenvalue weighted by atomic mass is 19.1. The van der Waals surface area contributed by atoms with Gasteiger partial charge in [0, 0.05) is 0 Å². The van der Waals surface area contributed by atoms with Crippen LogP contribution in [0.5, 0.6) is 0 Å². The Kier molecular flexibility index (Phi) is 8.11. The molecular weight excluding hydrogens is 369 g/mol. The number of ether oxygens (including phenoxy) is 2. The number of halogens is 1. The highest BCUT2D eigenvalue weighted by Crippen LogP contribution is 2.13.